The lowest BCUT2D eigenvalue weighted by atomic mass is 10.3. The van der Waals surface area contributed by atoms with Crippen molar-refractivity contribution in [2.45, 2.75) is 6.10 Å². The smallest absolute Gasteiger partial charge is 0.256 e. The molecule has 0 aliphatic carbocycles. The standard InChI is InChI=1S/C8H12N4O2/c1-14-6(5-9)8(13)11-7-3-2-4-10-12-7/h2-4,6H,5,9H2,1H3,(H,11,12,13). The molecule has 76 valence electrons. The van der Waals surface area contributed by atoms with Crippen molar-refractivity contribution in [1.29, 1.82) is 0 Å². The molecule has 14 heavy (non-hydrogen) atoms. The lowest BCUT2D eigenvalue weighted by Gasteiger charge is -2.11. The van der Waals surface area contributed by atoms with Crippen LogP contribution in [0, 0.1) is 0 Å². The second-order valence-corrected chi connectivity index (χ2v) is 2.56. The van der Waals surface area contributed by atoms with Gasteiger partial charge in [-0.3, -0.25) is 4.79 Å². The Morgan fingerprint density at radius 2 is 2.57 bits per heavy atom. The third-order valence-corrected chi connectivity index (χ3v) is 1.61. The highest BCUT2D eigenvalue weighted by Gasteiger charge is 2.15. The monoisotopic (exact) mass is 196 g/mol. The van der Waals surface area contributed by atoms with E-state index < -0.39 is 6.10 Å². The Morgan fingerprint density at radius 1 is 1.79 bits per heavy atom. The minimum atomic E-state index is -0.656. The molecule has 0 saturated heterocycles. The quantitative estimate of drug-likeness (QED) is 0.670. The van der Waals surface area contributed by atoms with Crippen molar-refractivity contribution in [1.82, 2.24) is 10.2 Å². The van der Waals surface area contributed by atoms with Gasteiger partial charge in [0.2, 0.25) is 0 Å². The van der Waals surface area contributed by atoms with Gasteiger partial charge in [0, 0.05) is 19.9 Å². The zero-order valence-electron chi connectivity index (χ0n) is 7.80. The summed E-state index contributed by atoms with van der Waals surface area (Å²) in [7, 11) is 1.42. The molecule has 0 aliphatic heterocycles. The molecular weight excluding hydrogens is 184 g/mol. The van der Waals surface area contributed by atoms with E-state index in [-0.39, 0.29) is 12.5 Å². The number of hydrogen-bond acceptors (Lipinski definition) is 5. The van der Waals surface area contributed by atoms with Gasteiger partial charge in [0.1, 0.15) is 6.10 Å². The number of hydrogen-bond donors (Lipinski definition) is 2. The van der Waals surface area contributed by atoms with E-state index >= 15 is 0 Å². The maximum atomic E-state index is 11.4. The van der Waals surface area contributed by atoms with Crippen LogP contribution in [0.25, 0.3) is 0 Å². The van der Waals surface area contributed by atoms with Crippen molar-refractivity contribution >= 4 is 11.7 Å². The number of carbonyl (C=O) groups is 1. The normalized spacial score (nSPS) is 12.1. The molecule has 1 atom stereocenters. The summed E-state index contributed by atoms with van der Waals surface area (Å²) < 4.78 is 4.85. The van der Waals surface area contributed by atoms with E-state index in [0.717, 1.165) is 0 Å². The van der Waals surface area contributed by atoms with Gasteiger partial charge in [-0.25, -0.2) is 0 Å². The number of aromatic nitrogens is 2. The first-order valence-electron chi connectivity index (χ1n) is 4.09. The molecule has 0 aromatic carbocycles. The van der Waals surface area contributed by atoms with Crippen LogP contribution in [0.4, 0.5) is 5.82 Å². The van der Waals surface area contributed by atoms with E-state index in [1.54, 1.807) is 12.1 Å². The number of anilines is 1. The van der Waals surface area contributed by atoms with Gasteiger partial charge in [-0.2, -0.15) is 5.10 Å². The van der Waals surface area contributed by atoms with Crippen LogP contribution in [-0.4, -0.2) is 35.9 Å². The van der Waals surface area contributed by atoms with E-state index in [1.807, 2.05) is 0 Å². The number of ether oxygens (including phenoxy) is 1. The summed E-state index contributed by atoms with van der Waals surface area (Å²) in [6, 6.07) is 3.31. The number of rotatable bonds is 4. The molecule has 0 spiro atoms. The zero-order chi connectivity index (χ0) is 10.4. The maximum Gasteiger partial charge on any atom is 0.256 e. The van der Waals surface area contributed by atoms with Gasteiger partial charge < -0.3 is 15.8 Å². The van der Waals surface area contributed by atoms with Gasteiger partial charge in [0.25, 0.3) is 5.91 Å². The van der Waals surface area contributed by atoms with Crippen molar-refractivity contribution in [2.24, 2.45) is 5.73 Å². The number of carbonyl (C=O) groups excluding carboxylic acids is 1. The average molecular weight is 196 g/mol. The Kier molecular flexibility index (Phi) is 3.96. The molecular formula is C8H12N4O2. The number of nitrogens with one attached hydrogen (secondary N) is 1. The Balaban J connectivity index is 2.57. The Hall–Kier alpha value is -1.53. The highest BCUT2D eigenvalue weighted by molar-refractivity contribution is 5.93. The van der Waals surface area contributed by atoms with Gasteiger partial charge in [-0.05, 0) is 12.1 Å². The highest BCUT2D eigenvalue weighted by atomic mass is 16.5. The van der Waals surface area contributed by atoms with E-state index in [9.17, 15) is 4.79 Å². The minimum Gasteiger partial charge on any atom is -0.370 e. The molecule has 1 amide bonds. The molecule has 1 unspecified atom stereocenters. The summed E-state index contributed by atoms with van der Waals surface area (Å²) >= 11 is 0. The molecule has 1 aromatic heterocycles. The van der Waals surface area contributed by atoms with Gasteiger partial charge >= 0.3 is 0 Å². The number of methoxy groups -OCH3 is 1. The fourth-order valence-corrected chi connectivity index (χ4v) is 0.885. The molecule has 1 aromatic rings. The zero-order valence-corrected chi connectivity index (χ0v) is 7.80. The topological polar surface area (TPSA) is 90.1 Å². The fraction of sp³-hybridized carbons (Fsp3) is 0.375. The summed E-state index contributed by atoms with van der Waals surface area (Å²) in [5, 5.41) is 9.83. The third-order valence-electron chi connectivity index (χ3n) is 1.61. The predicted octanol–water partition coefficient (Wildman–Crippen LogP) is -0.611. The third kappa shape index (κ3) is 2.75. The summed E-state index contributed by atoms with van der Waals surface area (Å²) in [4.78, 5) is 11.4. The molecule has 3 N–H and O–H groups in total. The lowest BCUT2D eigenvalue weighted by molar-refractivity contribution is -0.125. The van der Waals surface area contributed by atoms with Crippen LogP contribution in [0.3, 0.4) is 0 Å². The van der Waals surface area contributed by atoms with Crippen LogP contribution in [-0.2, 0) is 9.53 Å². The Labute approximate surface area is 81.5 Å². The van der Waals surface area contributed by atoms with Crippen molar-refractivity contribution < 1.29 is 9.53 Å². The molecule has 6 nitrogen and oxygen atoms in total. The van der Waals surface area contributed by atoms with Crippen molar-refractivity contribution in [3.63, 3.8) is 0 Å². The van der Waals surface area contributed by atoms with Crippen LogP contribution in [0.5, 0.6) is 0 Å². The highest BCUT2D eigenvalue weighted by Crippen LogP contribution is 1.99. The average Bonchev–Trinajstić information content (AvgIpc) is 2.21. The SMILES string of the molecule is COC(CN)C(=O)Nc1cccnn1. The Bertz CT molecular complexity index is 287. The second kappa shape index (κ2) is 5.25. The van der Waals surface area contributed by atoms with Gasteiger partial charge in [-0.15, -0.1) is 5.10 Å². The van der Waals surface area contributed by atoms with Gasteiger partial charge in [0.05, 0.1) is 0 Å². The van der Waals surface area contributed by atoms with Crippen molar-refractivity contribution in [2.75, 3.05) is 19.0 Å². The number of nitrogens with two attached hydrogens (primary N) is 1. The lowest BCUT2D eigenvalue weighted by Crippen LogP contribution is -2.36. The van der Waals surface area contributed by atoms with Crippen molar-refractivity contribution in [3.05, 3.63) is 18.3 Å². The minimum absolute atomic E-state index is 0.128. The maximum absolute atomic E-state index is 11.4. The van der Waals surface area contributed by atoms with Gasteiger partial charge in [0.15, 0.2) is 5.82 Å². The first kappa shape index (κ1) is 10.6. The summed E-state index contributed by atoms with van der Waals surface area (Å²) in [6.07, 6.45) is 0.865. The Morgan fingerprint density at radius 3 is 3.07 bits per heavy atom. The number of nitrogens with zero attached hydrogens (tertiary/aromatic N) is 2. The molecule has 0 fully saturated rings. The molecule has 6 heteroatoms. The van der Waals surface area contributed by atoms with Crippen LogP contribution >= 0.6 is 0 Å². The van der Waals surface area contributed by atoms with E-state index in [0.29, 0.717) is 5.82 Å². The van der Waals surface area contributed by atoms with Gasteiger partial charge in [-0.1, -0.05) is 0 Å². The molecule has 0 aliphatic rings. The summed E-state index contributed by atoms with van der Waals surface area (Å²) in [6.45, 7) is 0.128. The number of amides is 1. The van der Waals surface area contributed by atoms with E-state index in [2.05, 4.69) is 15.5 Å². The first-order chi connectivity index (χ1) is 6.77. The molecule has 1 heterocycles. The van der Waals surface area contributed by atoms with Crippen LogP contribution in [0.2, 0.25) is 0 Å². The van der Waals surface area contributed by atoms with Crippen LogP contribution < -0.4 is 11.1 Å². The summed E-state index contributed by atoms with van der Waals surface area (Å²) in [5.74, 6) is 0.0588. The molecule has 0 bridgehead atoms. The fourth-order valence-electron chi connectivity index (χ4n) is 0.885. The summed E-state index contributed by atoms with van der Waals surface area (Å²) in [5.41, 5.74) is 5.32. The van der Waals surface area contributed by atoms with Crippen LogP contribution in [0.15, 0.2) is 18.3 Å². The largest absolute Gasteiger partial charge is 0.370 e. The van der Waals surface area contributed by atoms with Crippen LogP contribution in [0.1, 0.15) is 0 Å². The van der Waals surface area contributed by atoms with E-state index in [4.69, 9.17) is 10.5 Å². The molecule has 0 radical (unpaired) electrons. The molecule has 0 saturated carbocycles. The second-order valence-electron chi connectivity index (χ2n) is 2.56. The molecule has 1 rings (SSSR count). The van der Waals surface area contributed by atoms with Crippen molar-refractivity contribution in [3.8, 4) is 0 Å². The first-order valence-corrected chi connectivity index (χ1v) is 4.09. The van der Waals surface area contributed by atoms with E-state index in [1.165, 1.54) is 13.3 Å². The predicted molar refractivity (Wildman–Crippen MR) is 50.5 cm³/mol.